The third-order valence-electron chi connectivity index (χ3n) is 5.46. The van der Waals surface area contributed by atoms with Crippen LogP contribution in [0.25, 0.3) is 22.7 Å². The standard InChI is InChI=1S/C20H15ClF3N5O3/c1-28(19(9-25)5-6-19)18(31)11-7-10(3-4-12(11)21)14-8-13(27-32-14)16-15(20(22,23)24)17(30)26-29(16)2/h3-4,7-8H,5-6H2,1-2H3,(H,26,30). The van der Waals surface area contributed by atoms with Crippen LogP contribution in [-0.2, 0) is 13.2 Å². The Labute approximate surface area is 183 Å². The number of H-pyrrole nitrogens is 1. The van der Waals surface area contributed by atoms with Crippen molar-refractivity contribution in [3.8, 4) is 28.8 Å². The topological polar surface area (TPSA) is 108 Å². The van der Waals surface area contributed by atoms with Crippen LogP contribution in [0.2, 0.25) is 5.02 Å². The molecule has 1 N–H and O–H groups in total. The number of hydrogen-bond donors (Lipinski definition) is 1. The predicted molar refractivity (Wildman–Crippen MR) is 107 cm³/mol. The Bertz CT molecular complexity index is 1330. The molecule has 0 unspecified atom stereocenters. The van der Waals surface area contributed by atoms with Gasteiger partial charge in [-0.25, -0.2) is 0 Å². The average molecular weight is 466 g/mol. The smallest absolute Gasteiger partial charge is 0.356 e. The molecule has 0 radical (unpaired) electrons. The minimum Gasteiger partial charge on any atom is -0.356 e. The first-order valence-corrected chi connectivity index (χ1v) is 9.69. The van der Waals surface area contributed by atoms with E-state index >= 15 is 0 Å². The van der Waals surface area contributed by atoms with Crippen molar-refractivity contribution in [3.05, 3.63) is 50.8 Å². The number of carbonyl (C=O) groups is 1. The second-order valence-electron chi connectivity index (χ2n) is 7.50. The number of aromatic nitrogens is 3. The number of nitriles is 1. The molecule has 32 heavy (non-hydrogen) atoms. The second kappa shape index (κ2) is 7.27. The van der Waals surface area contributed by atoms with E-state index in [1.54, 1.807) is 0 Å². The molecule has 1 aliphatic rings. The van der Waals surface area contributed by atoms with Crippen LogP contribution in [0.3, 0.4) is 0 Å². The number of alkyl halides is 3. The molecule has 1 fully saturated rings. The second-order valence-corrected chi connectivity index (χ2v) is 7.91. The normalized spacial score (nSPS) is 14.8. The van der Waals surface area contributed by atoms with Gasteiger partial charge in [0.15, 0.2) is 5.76 Å². The number of aryl methyl sites for hydroxylation is 1. The van der Waals surface area contributed by atoms with Crippen LogP contribution >= 0.6 is 11.6 Å². The van der Waals surface area contributed by atoms with E-state index in [1.807, 2.05) is 0 Å². The van der Waals surface area contributed by atoms with Crippen molar-refractivity contribution in [2.24, 2.45) is 7.05 Å². The summed E-state index contributed by atoms with van der Waals surface area (Å²) in [5.41, 5.74) is -3.80. The molecule has 4 rings (SSSR count). The Morgan fingerprint density at radius 2 is 2.06 bits per heavy atom. The van der Waals surface area contributed by atoms with Crippen molar-refractivity contribution >= 4 is 17.5 Å². The van der Waals surface area contributed by atoms with Gasteiger partial charge in [0.2, 0.25) is 0 Å². The van der Waals surface area contributed by atoms with E-state index in [1.165, 1.54) is 43.3 Å². The summed E-state index contributed by atoms with van der Waals surface area (Å²) in [5.74, 6) is -0.403. The van der Waals surface area contributed by atoms with Gasteiger partial charge in [0.25, 0.3) is 11.5 Å². The molecule has 1 amide bonds. The van der Waals surface area contributed by atoms with E-state index in [2.05, 4.69) is 16.3 Å². The monoisotopic (exact) mass is 465 g/mol. The van der Waals surface area contributed by atoms with Gasteiger partial charge in [-0.3, -0.25) is 19.4 Å². The van der Waals surface area contributed by atoms with Crippen molar-refractivity contribution in [1.29, 1.82) is 5.26 Å². The van der Waals surface area contributed by atoms with Crippen LogP contribution in [-0.4, -0.2) is 38.3 Å². The maximum atomic E-state index is 13.4. The highest BCUT2D eigenvalue weighted by molar-refractivity contribution is 6.34. The SMILES string of the molecule is CN(C(=O)c1cc(-c2cc(-c3c(C(F)(F)F)c(=O)[nH]n3C)no2)ccc1Cl)C1(C#N)CC1. The van der Waals surface area contributed by atoms with Crippen LogP contribution in [0, 0.1) is 11.3 Å². The van der Waals surface area contributed by atoms with E-state index in [9.17, 15) is 28.0 Å². The van der Waals surface area contributed by atoms with E-state index in [4.69, 9.17) is 16.1 Å². The Kier molecular flexibility index (Phi) is 4.93. The molecule has 2 heterocycles. The number of halogens is 4. The molecule has 1 aromatic carbocycles. The number of hydrogen-bond acceptors (Lipinski definition) is 5. The lowest BCUT2D eigenvalue weighted by molar-refractivity contribution is -0.137. The largest absolute Gasteiger partial charge is 0.423 e. The number of nitrogens with one attached hydrogen (secondary N) is 1. The molecule has 166 valence electrons. The fraction of sp³-hybridized carbons (Fsp3) is 0.300. The molecular formula is C20H15ClF3N5O3. The van der Waals surface area contributed by atoms with Gasteiger partial charge in [0.1, 0.15) is 22.5 Å². The highest BCUT2D eigenvalue weighted by atomic mass is 35.5. The van der Waals surface area contributed by atoms with Crippen molar-refractivity contribution < 1.29 is 22.5 Å². The molecule has 3 aromatic rings. The maximum absolute atomic E-state index is 13.4. The summed E-state index contributed by atoms with van der Waals surface area (Å²) in [6.45, 7) is 0. The van der Waals surface area contributed by atoms with Gasteiger partial charge in [-0.05, 0) is 31.0 Å². The van der Waals surface area contributed by atoms with Crippen LogP contribution in [0.4, 0.5) is 13.2 Å². The average Bonchev–Trinajstić information content (AvgIpc) is 3.27. The lowest BCUT2D eigenvalue weighted by Crippen LogP contribution is -2.38. The Morgan fingerprint density at radius 1 is 1.38 bits per heavy atom. The zero-order valence-corrected chi connectivity index (χ0v) is 17.5. The molecule has 0 bridgehead atoms. The molecule has 8 nitrogen and oxygen atoms in total. The zero-order valence-electron chi connectivity index (χ0n) is 16.7. The van der Waals surface area contributed by atoms with Crippen LogP contribution in [0.15, 0.2) is 33.6 Å². The van der Waals surface area contributed by atoms with Crippen LogP contribution < -0.4 is 5.56 Å². The summed E-state index contributed by atoms with van der Waals surface area (Å²) in [6.07, 6.45) is -3.77. The summed E-state index contributed by atoms with van der Waals surface area (Å²) < 4.78 is 46.2. The highest BCUT2D eigenvalue weighted by Gasteiger charge is 2.49. The predicted octanol–water partition coefficient (Wildman–Crippen LogP) is 3.84. The molecular weight excluding hydrogens is 451 g/mol. The minimum atomic E-state index is -4.90. The number of amides is 1. The lowest BCUT2D eigenvalue weighted by atomic mass is 10.1. The molecule has 0 saturated heterocycles. The lowest BCUT2D eigenvalue weighted by Gasteiger charge is -2.22. The zero-order chi connectivity index (χ0) is 23.4. The molecule has 0 atom stereocenters. The highest BCUT2D eigenvalue weighted by Crippen LogP contribution is 2.41. The van der Waals surface area contributed by atoms with Gasteiger partial charge in [0.05, 0.1) is 16.7 Å². The number of rotatable bonds is 4. The molecule has 0 spiro atoms. The van der Waals surface area contributed by atoms with Crippen molar-refractivity contribution in [2.45, 2.75) is 24.6 Å². The number of nitrogens with zero attached hydrogens (tertiary/aromatic N) is 4. The molecule has 12 heteroatoms. The van der Waals surface area contributed by atoms with Crippen LogP contribution in [0.5, 0.6) is 0 Å². The minimum absolute atomic E-state index is 0.0663. The summed E-state index contributed by atoms with van der Waals surface area (Å²) >= 11 is 6.19. The summed E-state index contributed by atoms with van der Waals surface area (Å²) in [4.78, 5) is 26.0. The fourth-order valence-electron chi connectivity index (χ4n) is 3.48. The summed E-state index contributed by atoms with van der Waals surface area (Å²) in [6, 6.07) is 7.73. The first kappa shape index (κ1) is 21.7. The van der Waals surface area contributed by atoms with E-state index in [-0.39, 0.29) is 22.0 Å². The van der Waals surface area contributed by atoms with Gasteiger partial charge >= 0.3 is 6.18 Å². The summed E-state index contributed by atoms with van der Waals surface area (Å²) in [5, 5.41) is 15.2. The van der Waals surface area contributed by atoms with Gasteiger partial charge in [-0.1, -0.05) is 16.8 Å². The molecule has 1 aliphatic carbocycles. The van der Waals surface area contributed by atoms with E-state index in [0.29, 0.717) is 18.4 Å². The Balaban J connectivity index is 1.73. The first-order chi connectivity index (χ1) is 15.0. The molecule has 2 aromatic heterocycles. The first-order valence-electron chi connectivity index (χ1n) is 9.31. The third kappa shape index (κ3) is 3.46. The van der Waals surface area contributed by atoms with Gasteiger partial charge < -0.3 is 9.42 Å². The van der Waals surface area contributed by atoms with Crippen molar-refractivity contribution in [2.75, 3.05) is 7.05 Å². The maximum Gasteiger partial charge on any atom is 0.423 e. The Hall–Kier alpha value is -3.52. The van der Waals surface area contributed by atoms with Crippen LogP contribution in [0.1, 0.15) is 28.8 Å². The van der Waals surface area contributed by atoms with Crippen molar-refractivity contribution in [3.63, 3.8) is 0 Å². The molecule has 0 aliphatic heterocycles. The quantitative estimate of drug-likeness (QED) is 0.630. The number of carbonyl (C=O) groups excluding carboxylic acids is 1. The van der Waals surface area contributed by atoms with Gasteiger partial charge in [0, 0.05) is 25.7 Å². The van der Waals surface area contributed by atoms with Gasteiger partial charge in [-0.15, -0.1) is 0 Å². The summed E-state index contributed by atoms with van der Waals surface area (Å²) in [7, 11) is 2.76. The van der Waals surface area contributed by atoms with Crippen molar-refractivity contribution in [1.82, 2.24) is 19.8 Å². The van der Waals surface area contributed by atoms with E-state index < -0.39 is 34.4 Å². The third-order valence-corrected chi connectivity index (χ3v) is 5.79. The Morgan fingerprint density at radius 3 is 2.66 bits per heavy atom. The fourth-order valence-corrected chi connectivity index (χ4v) is 3.68. The number of benzene rings is 1. The van der Waals surface area contributed by atoms with E-state index in [0.717, 1.165) is 4.68 Å². The number of aromatic amines is 1. The van der Waals surface area contributed by atoms with Gasteiger partial charge in [-0.2, -0.15) is 18.4 Å². The molecule has 1 saturated carbocycles.